The Morgan fingerprint density at radius 3 is 2.79 bits per heavy atom. The molecule has 3 aromatic rings. The zero-order valence-electron chi connectivity index (χ0n) is 20.2. The van der Waals surface area contributed by atoms with Crippen molar-refractivity contribution in [2.24, 2.45) is 0 Å². The second-order valence-electron chi connectivity index (χ2n) is 9.22. The molecule has 2 aliphatic rings. The van der Waals surface area contributed by atoms with Crippen LogP contribution in [0.2, 0.25) is 0 Å². The fourth-order valence-corrected chi connectivity index (χ4v) is 5.07. The van der Waals surface area contributed by atoms with Crippen LogP contribution >= 0.6 is 12.2 Å². The lowest BCUT2D eigenvalue weighted by Gasteiger charge is -2.40. The fraction of sp³-hybridized carbons (Fsp3) is 0.385. The van der Waals surface area contributed by atoms with Gasteiger partial charge in [-0.05, 0) is 45.0 Å². The zero-order chi connectivity index (χ0) is 23.8. The number of rotatable bonds is 4. The summed E-state index contributed by atoms with van der Waals surface area (Å²) in [6.07, 6.45) is 4.47. The summed E-state index contributed by atoms with van der Waals surface area (Å²) in [5, 5.41) is 6.80. The highest BCUT2D eigenvalue weighted by Gasteiger charge is 2.24. The minimum Gasteiger partial charge on any atom is -0.367 e. The highest BCUT2D eigenvalue weighted by atomic mass is 32.1. The van der Waals surface area contributed by atoms with Gasteiger partial charge in [0.2, 0.25) is 5.95 Å². The Kier molecular flexibility index (Phi) is 6.18. The van der Waals surface area contributed by atoms with Crippen molar-refractivity contribution in [3.05, 3.63) is 53.5 Å². The molecule has 2 N–H and O–H groups in total. The summed E-state index contributed by atoms with van der Waals surface area (Å²) in [5.41, 5.74) is 8.11. The number of piperazine rings is 1. The van der Waals surface area contributed by atoms with Gasteiger partial charge in [-0.3, -0.25) is 9.88 Å². The quantitative estimate of drug-likeness (QED) is 0.528. The van der Waals surface area contributed by atoms with Crippen LogP contribution in [0.4, 0.5) is 23.0 Å². The number of thiocarbonyl (C=S) groups is 1. The van der Waals surface area contributed by atoms with Crippen LogP contribution in [-0.4, -0.2) is 57.1 Å². The molecule has 4 heterocycles. The van der Waals surface area contributed by atoms with Crippen LogP contribution in [0.1, 0.15) is 30.7 Å². The normalized spacial score (nSPS) is 18.1. The first-order chi connectivity index (χ1) is 16.4. The molecule has 34 heavy (non-hydrogen) atoms. The molecule has 1 saturated heterocycles. The molecule has 7 nitrogen and oxygen atoms in total. The summed E-state index contributed by atoms with van der Waals surface area (Å²) in [4.78, 5) is 19.9. The Balaban J connectivity index is 1.44. The minimum atomic E-state index is 0.521. The third-order valence-corrected chi connectivity index (χ3v) is 7.02. The number of likely N-dealkylation sites (N-methyl/N-ethyl adjacent to an activating group) is 1. The molecule has 0 amide bonds. The molecule has 0 unspecified atom stereocenters. The van der Waals surface area contributed by atoms with Gasteiger partial charge in [0.1, 0.15) is 0 Å². The monoisotopic (exact) mass is 473 g/mol. The van der Waals surface area contributed by atoms with Crippen molar-refractivity contribution < 1.29 is 0 Å². The number of anilines is 4. The van der Waals surface area contributed by atoms with Crippen molar-refractivity contribution in [1.29, 1.82) is 0 Å². The summed E-state index contributed by atoms with van der Waals surface area (Å²) >= 11 is 5.54. The predicted molar refractivity (Wildman–Crippen MR) is 143 cm³/mol. The molecule has 5 rings (SSSR count). The maximum absolute atomic E-state index is 5.54. The van der Waals surface area contributed by atoms with E-state index in [-0.39, 0.29) is 0 Å². The molecule has 0 aliphatic carbocycles. The van der Waals surface area contributed by atoms with Gasteiger partial charge >= 0.3 is 0 Å². The molecule has 0 saturated carbocycles. The highest BCUT2D eigenvalue weighted by Crippen LogP contribution is 2.34. The number of pyridine rings is 1. The number of nitrogens with zero attached hydrogens (tertiary/aromatic N) is 5. The van der Waals surface area contributed by atoms with Crippen LogP contribution in [0.3, 0.4) is 0 Å². The first-order valence-electron chi connectivity index (χ1n) is 11.9. The van der Waals surface area contributed by atoms with Gasteiger partial charge in [0.25, 0.3) is 0 Å². The topological polar surface area (TPSA) is 69.2 Å². The molecule has 0 bridgehead atoms. The lowest BCUT2D eigenvalue weighted by Crippen LogP contribution is -2.51. The fourth-order valence-electron chi connectivity index (χ4n) is 4.81. The first-order valence-corrected chi connectivity index (χ1v) is 12.3. The van der Waals surface area contributed by atoms with Crippen molar-refractivity contribution >= 4 is 40.2 Å². The maximum Gasteiger partial charge on any atom is 0.227 e. The van der Waals surface area contributed by atoms with E-state index in [1.54, 1.807) is 0 Å². The van der Waals surface area contributed by atoms with E-state index in [9.17, 15) is 0 Å². The van der Waals surface area contributed by atoms with Crippen molar-refractivity contribution in [2.75, 3.05) is 41.7 Å². The Bertz CT molecular complexity index is 1240. The van der Waals surface area contributed by atoms with Crippen LogP contribution in [0.5, 0.6) is 0 Å². The van der Waals surface area contributed by atoms with E-state index < -0.39 is 0 Å². The number of aromatic nitrogens is 3. The van der Waals surface area contributed by atoms with Crippen molar-refractivity contribution in [1.82, 2.24) is 19.9 Å². The number of fused-ring (bicyclic) bond motifs is 3. The second-order valence-corrected chi connectivity index (χ2v) is 9.71. The molecular weight excluding hydrogens is 442 g/mol. The van der Waals surface area contributed by atoms with Gasteiger partial charge in [-0.1, -0.05) is 31.3 Å². The molecule has 1 atom stereocenters. The van der Waals surface area contributed by atoms with Crippen LogP contribution in [-0.2, 0) is 6.42 Å². The van der Waals surface area contributed by atoms with Crippen molar-refractivity contribution in [3.8, 4) is 11.3 Å². The zero-order valence-corrected chi connectivity index (χ0v) is 21.0. The van der Waals surface area contributed by atoms with E-state index >= 15 is 0 Å². The van der Waals surface area contributed by atoms with E-state index in [2.05, 4.69) is 75.4 Å². The molecule has 176 valence electrons. The van der Waals surface area contributed by atoms with E-state index in [1.807, 2.05) is 19.3 Å². The molecule has 8 heteroatoms. The molecular formula is C26H31N7S. The number of nitrogens with one attached hydrogen (secondary N) is 2. The van der Waals surface area contributed by atoms with E-state index in [4.69, 9.17) is 17.2 Å². The van der Waals surface area contributed by atoms with Crippen LogP contribution in [0.25, 0.3) is 11.3 Å². The summed E-state index contributed by atoms with van der Waals surface area (Å²) in [6.45, 7) is 12.8. The number of aryl methyl sites for hydroxylation is 2. The van der Waals surface area contributed by atoms with E-state index in [0.717, 1.165) is 70.7 Å². The number of benzene rings is 1. The van der Waals surface area contributed by atoms with Gasteiger partial charge in [0.05, 0.1) is 33.9 Å². The highest BCUT2D eigenvalue weighted by molar-refractivity contribution is 7.80. The van der Waals surface area contributed by atoms with E-state index in [1.165, 1.54) is 5.56 Å². The van der Waals surface area contributed by atoms with Gasteiger partial charge < -0.3 is 15.5 Å². The third-order valence-electron chi connectivity index (χ3n) is 6.78. The molecule has 2 aromatic heterocycles. The molecule has 0 radical (unpaired) electrons. The van der Waals surface area contributed by atoms with Gasteiger partial charge in [-0.2, -0.15) is 0 Å². The SMILES string of the molecule is CCN1CCN(c2cnc(C)c(Nc3ncc4c(n3)-c3ccc(C)cc3NC(=S)C4)c2)C[C@@H]1C. The lowest BCUT2D eigenvalue weighted by molar-refractivity contribution is 0.199. The molecule has 1 aromatic carbocycles. The van der Waals surface area contributed by atoms with Gasteiger partial charge in [-0.15, -0.1) is 0 Å². The molecule has 2 aliphatic heterocycles. The predicted octanol–water partition coefficient (Wildman–Crippen LogP) is 4.72. The van der Waals surface area contributed by atoms with Gasteiger partial charge in [0.15, 0.2) is 0 Å². The summed E-state index contributed by atoms with van der Waals surface area (Å²) in [5.74, 6) is 0.560. The minimum absolute atomic E-state index is 0.521. The Hall–Kier alpha value is -3.10. The average Bonchev–Trinajstić information content (AvgIpc) is 2.95. The molecule has 0 spiro atoms. The average molecular weight is 474 g/mol. The molecule has 1 fully saturated rings. The Morgan fingerprint density at radius 1 is 1.15 bits per heavy atom. The van der Waals surface area contributed by atoms with Crippen LogP contribution < -0.4 is 15.5 Å². The standard InChI is InChI=1S/C26H31N7S/c1-5-32-8-9-33(15-17(32)3)20-12-22(18(4)27-14-20)30-26-28-13-19-11-24(34)29-23-10-16(2)6-7-21(23)25(19)31-26/h6-7,10,12-14,17H,5,8-9,11,15H2,1-4H3,(H,29,34)(H,28,30,31)/t17-/m0/s1. The maximum atomic E-state index is 5.54. The summed E-state index contributed by atoms with van der Waals surface area (Å²) in [6, 6.07) is 9.01. The van der Waals surface area contributed by atoms with Crippen molar-refractivity contribution in [3.63, 3.8) is 0 Å². The number of hydrogen-bond acceptors (Lipinski definition) is 7. The van der Waals surface area contributed by atoms with E-state index in [0.29, 0.717) is 18.4 Å². The third kappa shape index (κ3) is 4.48. The summed E-state index contributed by atoms with van der Waals surface area (Å²) in [7, 11) is 0. The Labute approximate surface area is 206 Å². The lowest BCUT2D eigenvalue weighted by atomic mass is 10.0. The Morgan fingerprint density at radius 2 is 2.00 bits per heavy atom. The first kappa shape index (κ1) is 22.7. The second kappa shape index (κ2) is 9.27. The smallest absolute Gasteiger partial charge is 0.227 e. The van der Waals surface area contributed by atoms with Gasteiger partial charge in [0, 0.05) is 55.1 Å². The van der Waals surface area contributed by atoms with Gasteiger partial charge in [-0.25, -0.2) is 9.97 Å². The van der Waals surface area contributed by atoms with Crippen molar-refractivity contribution in [2.45, 2.75) is 40.2 Å². The summed E-state index contributed by atoms with van der Waals surface area (Å²) < 4.78 is 0. The van der Waals surface area contributed by atoms with Crippen LogP contribution in [0, 0.1) is 13.8 Å². The number of hydrogen-bond donors (Lipinski definition) is 2. The van der Waals surface area contributed by atoms with Crippen LogP contribution in [0.15, 0.2) is 36.7 Å². The largest absolute Gasteiger partial charge is 0.367 e.